The lowest BCUT2D eigenvalue weighted by atomic mass is 10.3. The number of pyridine rings is 1. The van der Waals surface area contributed by atoms with Crippen molar-refractivity contribution < 1.29 is 0 Å². The van der Waals surface area contributed by atoms with Crippen molar-refractivity contribution in [2.45, 2.75) is 0 Å². The second-order valence-electron chi connectivity index (χ2n) is 1.57. The van der Waals surface area contributed by atoms with Crippen LogP contribution in [0.2, 0.25) is 0 Å². The van der Waals surface area contributed by atoms with Gasteiger partial charge in [0, 0.05) is 6.20 Å². The van der Waals surface area contributed by atoms with Gasteiger partial charge in [-0.1, -0.05) is 6.07 Å². The molecule has 0 spiro atoms. The molecule has 0 saturated heterocycles. The Hall–Kier alpha value is -0.760. The third-order valence-corrected chi connectivity index (χ3v) is 1.08. The van der Waals surface area contributed by atoms with Gasteiger partial charge in [-0.3, -0.25) is 4.98 Å². The van der Waals surface area contributed by atoms with Crippen molar-refractivity contribution in [1.82, 2.24) is 4.98 Å². The molecule has 2 heteroatoms. The molecule has 0 aliphatic carbocycles. The highest BCUT2D eigenvalue weighted by Gasteiger charge is 1.79. The number of rotatable bonds is 1. The normalized spacial score (nSPS) is 10.3. The Morgan fingerprint density at radius 2 is 2.33 bits per heavy atom. The first-order valence-electron chi connectivity index (χ1n) is 2.65. The SMILES string of the molecule is S/C=C/c1ccccn1. The molecule has 1 heterocycles. The van der Waals surface area contributed by atoms with Gasteiger partial charge >= 0.3 is 0 Å². The zero-order chi connectivity index (χ0) is 6.53. The Bertz CT molecular complexity index is 193. The first-order chi connectivity index (χ1) is 4.43. The van der Waals surface area contributed by atoms with Crippen LogP contribution in [0, 0.1) is 0 Å². The van der Waals surface area contributed by atoms with Gasteiger partial charge in [0.15, 0.2) is 0 Å². The lowest BCUT2D eigenvalue weighted by Crippen LogP contribution is -1.74. The van der Waals surface area contributed by atoms with Crippen LogP contribution in [0.15, 0.2) is 29.8 Å². The van der Waals surface area contributed by atoms with Crippen LogP contribution in [-0.2, 0) is 0 Å². The van der Waals surface area contributed by atoms with Crippen molar-refractivity contribution in [2.24, 2.45) is 0 Å². The molecule has 9 heavy (non-hydrogen) atoms. The summed E-state index contributed by atoms with van der Waals surface area (Å²) in [6.07, 6.45) is 3.59. The van der Waals surface area contributed by atoms with Gasteiger partial charge < -0.3 is 0 Å². The Morgan fingerprint density at radius 1 is 1.44 bits per heavy atom. The summed E-state index contributed by atoms with van der Waals surface area (Å²) in [5.74, 6) is 0. The van der Waals surface area contributed by atoms with E-state index in [-0.39, 0.29) is 0 Å². The second kappa shape index (κ2) is 3.30. The van der Waals surface area contributed by atoms with E-state index >= 15 is 0 Å². The van der Waals surface area contributed by atoms with Crippen LogP contribution in [0.1, 0.15) is 5.69 Å². The standard InChI is InChI=1S/C7H7NS/c9-6-4-7-3-1-2-5-8-7/h1-6,9H/b6-4+. The first-order valence-corrected chi connectivity index (χ1v) is 3.17. The molecule has 0 aromatic carbocycles. The molecule has 0 amide bonds. The monoisotopic (exact) mass is 137 g/mol. The Morgan fingerprint density at radius 3 is 2.89 bits per heavy atom. The molecule has 0 aliphatic heterocycles. The molecule has 0 N–H and O–H groups in total. The minimum absolute atomic E-state index is 0.938. The molecular formula is C7H7NS. The topological polar surface area (TPSA) is 12.9 Å². The van der Waals surface area contributed by atoms with Crippen LogP contribution in [0.3, 0.4) is 0 Å². The fraction of sp³-hybridized carbons (Fsp3) is 0. The summed E-state index contributed by atoms with van der Waals surface area (Å²) in [4.78, 5) is 4.03. The summed E-state index contributed by atoms with van der Waals surface area (Å²) in [6.45, 7) is 0. The predicted octanol–water partition coefficient (Wildman–Crippen LogP) is 1.98. The Labute approximate surface area is 59.8 Å². The molecule has 0 atom stereocenters. The van der Waals surface area contributed by atoms with Gasteiger partial charge in [0.25, 0.3) is 0 Å². The smallest absolute Gasteiger partial charge is 0.0634 e. The number of hydrogen-bond donors (Lipinski definition) is 1. The maximum atomic E-state index is 4.03. The Balaban J connectivity index is 2.85. The van der Waals surface area contributed by atoms with Crippen LogP contribution in [0.4, 0.5) is 0 Å². The second-order valence-corrected chi connectivity index (χ2v) is 1.87. The van der Waals surface area contributed by atoms with E-state index < -0.39 is 0 Å². The van der Waals surface area contributed by atoms with Crippen molar-refractivity contribution >= 4 is 18.7 Å². The number of aromatic nitrogens is 1. The molecule has 1 aromatic rings. The summed E-state index contributed by atoms with van der Waals surface area (Å²) < 4.78 is 0. The van der Waals surface area contributed by atoms with Crippen molar-refractivity contribution in [3.05, 3.63) is 35.5 Å². The van der Waals surface area contributed by atoms with Crippen molar-refractivity contribution in [2.75, 3.05) is 0 Å². The van der Waals surface area contributed by atoms with Crippen molar-refractivity contribution in [1.29, 1.82) is 0 Å². The lowest BCUT2D eigenvalue weighted by Gasteiger charge is -1.85. The maximum absolute atomic E-state index is 4.03. The predicted molar refractivity (Wildman–Crippen MR) is 42.3 cm³/mol. The van der Waals surface area contributed by atoms with Crippen molar-refractivity contribution in [3.8, 4) is 0 Å². The van der Waals surface area contributed by atoms with E-state index in [1.807, 2.05) is 24.3 Å². The molecule has 0 aliphatic rings. The summed E-state index contributed by atoms with van der Waals surface area (Å²) >= 11 is 3.91. The average molecular weight is 137 g/mol. The number of nitrogens with zero attached hydrogens (tertiary/aromatic N) is 1. The van der Waals surface area contributed by atoms with E-state index in [9.17, 15) is 0 Å². The van der Waals surface area contributed by atoms with E-state index in [0.29, 0.717) is 0 Å². The number of thiol groups is 1. The third-order valence-electron chi connectivity index (χ3n) is 0.933. The quantitative estimate of drug-likeness (QED) is 0.584. The minimum atomic E-state index is 0.938. The third kappa shape index (κ3) is 1.90. The fourth-order valence-corrected chi connectivity index (χ4v) is 0.704. The van der Waals surface area contributed by atoms with Crippen LogP contribution in [-0.4, -0.2) is 4.98 Å². The minimum Gasteiger partial charge on any atom is -0.257 e. The molecule has 0 bridgehead atoms. The van der Waals surface area contributed by atoms with E-state index in [1.165, 1.54) is 0 Å². The van der Waals surface area contributed by atoms with E-state index in [0.717, 1.165) is 5.69 Å². The molecule has 1 nitrogen and oxygen atoms in total. The molecule has 1 rings (SSSR count). The molecule has 46 valence electrons. The summed E-state index contributed by atoms with van der Waals surface area (Å²) in [7, 11) is 0. The molecule has 0 radical (unpaired) electrons. The van der Waals surface area contributed by atoms with Gasteiger partial charge in [0.05, 0.1) is 5.69 Å². The van der Waals surface area contributed by atoms with E-state index in [1.54, 1.807) is 11.6 Å². The summed E-state index contributed by atoms with van der Waals surface area (Å²) in [5, 5.41) is 1.67. The van der Waals surface area contributed by atoms with Gasteiger partial charge in [-0.15, -0.1) is 0 Å². The van der Waals surface area contributed by atoms with Crippen LogP contribution >= 0.6 is 12.6 Å². The molecule has 0 saturated carbocycles. The van der Waals surface area contributed by atoms with Gasteiger partial charge in [-0.05, 0) is 23.6 Å². The zero-order valence-electron chi connectivity index (χ0n) is 4.86. The van der Waals surface area contributed by atoms with Gasteiger partial charge in [-0.25, -0.2) is 0 Å². The molecule has 0 fully saturated rings. The largest absolute Gasteiger partial charge is 0.257 e. The molecular weight excluding hydrogens is 130 g/mol. The fourth-order valence-electron chi connectivity index (χ4n) is 0.551. The Kier molecular flexibility index (Phi) is 2.33. The van der Waals surface area contributed by atoms with Crippen LogP contribution in [0.5, 0.6) is 0 Å². The van der Waals surface area contributed by atoms with E-state index in [4.69, 9.17) is 0 Å². The highest BCUT2D eigenvalue weighted by molar-refractivity contribution is 7.83. The molecule has 0 unspecified atom stereocenters. The van der Waals surface area contributed by atoms with Crippen LogP contribution in [0.25, 0.3) is 6.08 Å². The van der Waals surface area contributed by atoms with Crippen LogP contribution < -0.4 is 0 Å². The summed E-state index contributed by atoms with van der Waals surface area (Å²) in [6, 6.07) is 5.75. The highest BCUT2D eigenvalue weighted by atomic mass is 32.1. The zero-order valence-corrected chi connectivity index (χ0v) is 5.75. The molecule has 1 aromatic heterocycles. The number of hydrogen-bond acceptors (Lipinski definition) is 2. The first kappa shape index (κ1) is 6.36. The average Bonchev–Trinajstić information content (AvgIpc) is 1.91. The summed E-state index contributed by atoms with van der Waals surface area (Å²) in [5.41, 5.74) is 0.938. The van der Waals surface area contributed by atoms with Crippen molar-refractivity contribution in [3.63, 3.8) is 0 Å². The lowest BCUT2D eigenvalue weighted by molar-refractivity contribution is 1.30. The maximum Gasteiger partial charge on any atom is 0.0634 e. The van der Waals surface area contributed by atoms with Gasteiger partial charge in [0.2, 0.25) is 0 Å². The van der Waals surface area contributed by atoms with E-state index in [2.05, 4.69) is 17.6 Å². The van der Waals surface area contributed by atoms with Gasteiger partial charge in [0.1, 0.15) is 0 Å². The van der Waals surface area contributed by atoms with Gasteiger partial charge in [-0.2, -0.15) is 12.6 Å². The highest BCUT2D eigenvalue weighted by Crippen LogP contribution is 1.95.